The van der Waals surface area contributed by atoms with Crippen LogP contribution in [0, 0.1) is 17.6 Å². The van der Waals surface area contributed by atoms with Crippen molar-refractivity contribution in [2.45, 2.75) is 0 Å². The van der Waals surface area contributed by atoms with Crippen molar-refractivity contribution < 1.29 is 13.2 Å². The smallest absolute Gasteiger partial charge is 0.240 e. The van der Waals surface area contributed by atoms with Gasteiger partial charge in [-0.15, -0.1) is 0 Å². The maximum atomic E-state index is 13.3. The zero-order chi connectivity index (χ0) is 11.0. The molecule has 0 fully saturated rings. The highest BCUT2D eigenvalue weighted by molar-refractivity contribution is 5.59. The van der Waals surface area contributed by atoms with E-state index in [2.05, 4.69) is 5.10 Å². The molecule has 0 saturated carbocycles. The fraction of sp³-hybridized carbons (Fsp3) is 0.100. The molecule has 2 rings (SSSR count). The molecule has 0 unspecified atom stereocenters. The highest BCUT2D eigenvalue weighted by atomic mass is 19.2. The molecule has 0 amide bonds. The molecule has 0 saturated heterocycles. The third-order valence-corrected chi connectivity index (χ3v) is 2.04. The van der Waals surface area contributed by atoms with Crippen LogP contribution in [0.5, 0.6) is 0 Å². The Labute approximate surface area is 84.0 Å². The zero-order valence-electron chi connectivity index (χ0n) is 7.84. The van der Waals surface area contributed by atoms with E-state index in [0.29, 0.717) is 5.56 Å². The van der Waals surface area contributed by atoms with E-state index in [-0.39, 0.29) is 5.69 Å². The van der Waals surface area contributed by atoms with Gasteiger partial charge in [0.1, 0.15) is 11.5 Å². The van der Waals surface area contributed by atoms with Gasteiger partial charge in [-0.1, -0.05) is 0 Å². The number of hydrogen-bond acceptors (Lipinski definition) is 1. The van der Waals surface area contributed by atoms with Crippen molar-refractivity contribution in [2.24, 2.45) is 7.05 Å². The van der Waals surface area contributed by atoms with Crippen LogP contribution >= 0.6 is 0 Å². The summed E-state index contributed by atoms with van der Waals surface area (Å²) in [7, 11) is 1.30. The minimum Gasteiger partial charge on any atom is -0.240 e. The molecular formula is C10H7F3N2. The highest BCUT2D eigenvalue weighted by Gasteiger charge is 2.16. The summed E-state index contributed by atoms with van der Waals surface area (Å²) < 4.78 is 39.6. The summed E-state index contributed by atoms with van der Waals surface area (Å²) in [5.41, 5.74) is 0.225. The third-order valence-electron chi connectivity index (χ3n) is 2.04. The number of benzene rings is 1. The Bertz CT molecular complexity index is 488. The molecule has 1 heterocycles. The van der Waals surface area contributed by atoms with Gasteiger partial charge in [0.15, 0.2) is 0 Å². The van der Waals surface area contributed by atoms with E-state index in [1.165, 1.54) is 31.3 Å². The number of halogens is 3. The van der Waals surface area contributed by atoms with Crippen LogP contribution < -0.4 is 0 Å². The highest BCUT2D eigenvalue weighted by Crippen LogP contribution is 2.22. The van der Waals surface area contributed by atoms with E-state index in [0.717, 1.165) is 4.68 Å². The van der Waals surface area contributed by atoms with Gasteiger partial charge in [0.2, 0.25) is 11.8 Å². The van der Waals surface area contributed by atoms with Gasteiger partial charge in [-0.2, -0.15) is 13.9 Å². The quantitative estimate of drug-likeness (QED) is 0.710. The molecule has 78 valence electrons. The molecule has 0 radical (unpaired) electrons. The Morgan fingerprint density at radius 3 is 2.13 bits per heavy atom. The summed E-state index contributed by atoms with van der Waals surface area (Å²) in [4.78, 5) is 0. The summed E-state index contributed by atoms with van der Waals surface area (Å²) >= 11 is 0. The molecule has 0 aliphatic rings. The van der Waals surface area contributed by atoms with Crippen molar-refractivity contribution >= 4 is 0 Å². The monoisotopic (exact) mass is 212 g/mol. The average Bonchev–Trinajstić information content (AvgIpc) is 2.47. The van der Waals surface area contributed by atoms with Crippen molar-refractivity contribution in [2.75, 3.05) is 0 Å². The van der Waals surface area contributed by atoms with E-state index in [4.69, 9.17) is 0 Å². The lowest BCUT2D eigenvalue weighted by Gasteiger charge is -1.95. The topological polar surface area (TPSA) is 17.8 Å². The molecule has 0 aliphatic carbocycles. The van der Waals surface area contributed by atoms with E-state index in [1.54, 1.807) is 0 Å². The van der Waals surface area contributed by atoms with Crippen LogP contribution in [0.2, 0.25) is 0 Å². The Morgan fingerprint density at radius 1 is 1.07 bits per heavy atom. The number of rotatable bonds is 1. The van der Waals surface area contributed by atoms with Crippen LogP contribution in [0.1, 0.15) is 0 Å². The van der Waals surface area contributed by atoms with Crippen molar-refractivity contribution in [3.05, 3.63) is 41.8 Å². The van der Waals surface area contributed by atoms with Crippen LogP contribution in [-0.4, -0.2) is 9.78 Å². The minimum atomic E-state index is -1.03. The number of nitrogens with zero attached hydrogens (tertiary/aromatic N) is 2. The lowest BCUT2D eigenvalue weighted by Crippen LogP contribution is -1.93. The summed E-state index contributed by atoms with van der Waals surface area (Å²) in [5.74, 6) is -2.49. The molecule has 2 aromatic rings. The number of hydrogen-bond donors (Lipinski definition) is 0. The molecule has 1 aromatic carbocycles. The normalized spacial score (nSPS) is 10.7. The molecule has 15 heavy (non-hydrogen) atoms. The number of aryl methyl sites for hydroxylation is 1. The van der Waals surface area contributed by atoms with E-state index in [9.17, 15) is 13.2 Å². The van der Waals surface area contributed by atoms with Crippen LogP contribution in [0.4, 0.5) is 13.2 Å². The maximum Gasteiger partial charge on any atom is 0.248 e. The van der Waals surface area contributed by atoms with Crippen LogP contribution in [0.25, 0.3) is 11.3 Å². The Morgan fingerprint density at radius 2 is 1.67 bits per heavy atom. The predicted octanol–water partition coefficient (Wildman–Crippen LogP) is 2.50. The Hall–Kier alpha value is -1.78. The molecule has 0 bridgehead atoms. The second-order valence-electron chi connectivity index (χ2n) is 3.08. The van der Waals surface area contributed by atoms with Crippen LogP contribution in [0.15, 0.2) is 24.3 Å². The van der Waals surface area contributed by atoms with Gasteiger partial charge in [-0.25, -0.2) is 9.07 Å². The van der Waals surface area contributed by atoms with E-state index < -0.39 is 17.6 Å². The minimum absolute atomic E-state index is 0.116. The summed E-state index contributed by atoms with van der Waals surface area (Å²) in [6.07, 6.45) is 0. The van der Waals surface area contributed by atoms with Crippen molar-refractivity contribution in [1.82, 2.24) is 9.78 Å². The standard InChI is InChI=1S/C10H7F3N2/c1-15-10(13)8(12)9(14-15)6-2-4-7(11)5-3-6/h2-5H,1H3. The fourth-order valence-corrected chi connectivity index (χ4v) is 1.27. The van der Waals surface area contributed by atoms with Gasteiger partial charge in [0.25, 0.3) is 0 Å². The van der Waals surface area contributed by atoms with Crippen LogP contribution in [-0.2, 0) is 7.05 Å². The van der Waals surface area contributed by atoms with Gasteiger partial charge in [-0.05, 0) is 24.3 Å². The first kappa shape index (κ1) is 9.76. The van der Waals surface area contributed by atoms with E-state index in [1.807, 2.05) is 0 Å². The zero-order valence-corrected chi connectivity index (χ0v) is 7.84. The Kier molecular flexibility index (Phi) is 2.22. The van der Waals surface area contributed by atoms with Crippen molar-refractivity contribution in [3.8, 4) is 11.3 Å². The largest absolute Gasteiger partial charge is 0.248 e. The van der Waals surface area contributed by atoms with Gasteiger partial charge >= 0.3 is 0 Å². The fourth-order valence-electron chi connectivity index (χ4n) is 1.27. The van der Waals surface area contributed by atoms with Crippen LogP contribution in [0.3, 0.4) is 0 Å². The molecular weight excluding hydrogens is 205 g/mol. The molecule has 0 spiro atoms. The summed E-state index contributed by atoms with van der Waals surface area (Å²) in [5, 5.41) is 3.65. The molecule has 0 N–H and O–H groups in total. The SMILES string of the molecule is Cn1nc(-c2ccc(F)cc2)c(F)c1F. The lowest BCUT2D eigenvalue weighted by molar-refractivity contribution is 0.448. The number of aromatic nitrogens is 2. The van der Waals surface area contributed by atoms with Crippen molar-refractivity contribution in [1.29, 1.82) is 0 Å². The van der Waals surface area contributed by atoms with Gasteiger partial charge in [-0.3, -0.25) is 0 Å². The average molecular weight is 212 g/mol. The Balaban J connectivity index is 2.54. The molecule has 2 nitrogen and oxygen atoms in total. The molecule has 0 aliphatic heterocycles. The summed E-state index contributed by atoms with van der Waals surface area (Å²) in [6, 6.07) is 5.03. The molecule has 1 aromatic heterocycles. The first-order valence-electron chi connectivity index (χ1n) is 4.23. The van der Waals surface area contributed by atoms with E-state index >= 15 is 0 Å². The van der Waals surface area contributed by atoms with Crippen molar-refractivity contribution in [3.63, 3.8) is 0 Å². The second kappa shape index (κ2) is 3.42. The second-order valence-corrected chi connectivity index (χ2v) is 3.08. The van der Waals surface area contributed by atoms with Gasteiger partial charge in [0.05, 0.1) is 0 Å². The van der Waals surface area contributed by atoms with Gasteiger partial charge in [0, 0.05) is 12.6 Å². The molecule has 5 heteroatoms. The predicted molar refractivity (Wildman–Crippen MR) is 48.5 cm³/mol. The lowest BCUT2D eigenvalue weighted by atomic mass is 10.1. The third kappa shape index (κ3) is 1.60. The first-order chi connectivity index (χ1) is 7.09. The first-order valence-corrected chi connectivity index (χ1v) is 4.23. The maximum absolute atomic E-state index is 13.3. The molecule has 0 atom stereocenters. The summed E-state index contributed by atoms with van der Waals surface area (Å²) in [6.45, 7) is 0. The van der Waals surface area contributed by atoms with Gasteiger partial charge < -0.3 is 0 Å².